The topological polar surface area (TPSA) is 111 Å². The second-order valence-corrected chi connectivity index (χ2v) is 9.05. The van der Waals surface area contributed by atoms with Crippen molar-refractivity contribution in [2.75, 3.05) is 11.0 Å². The van der Waals surface area contributed by atoms with Crippen LogP contribution in [0.3, 0.4) is 0 Å². The van der Waals surface area contributed by atoms with E-state index in [9.17, 15) is 21.6 Å². The Morgan fingerprint density at radius 3 is 2.12 bits per heavy atom. The zero-order valence-corrected chi connectivity index (χ0v) is 14.6. The van der Waals surface area contributed by atoms with Crippen molar-refractivity contribution in [1.82, 2.24) is 0 Å². The normalized spacial score (nSPS) is 12.2. The molecule has 1 heterocycles. The highest BCUT2D eigenvalue weighted by atomic mass is 32.2. The molecule has 0 radical (unpaired) electrons. The number of hydrogen-bond donors (Lipinski definition) is 1. The molecule has 0 fully saturated rings. The largest absolute Gasteiger partial charge is 0.423 e. The SMILES string of the molecule is CS(=O)(=O)c1ccc(NS(=O)(=O)c2ccc3oc(=O)ccc3c2)cc1. The lowest BCUT2D eigenvalue weighted by Crippen LogP contribution is -2.13. The van der Waals surface area contributed by atoms with Gasteiger partial charge in [0.1, 0.15) is 5.58 Å². The lowest BCUT2D eigenvalue weighted by molar-refractivity contribution is 0.560. The van der Waals surface area contributed by atoms with Gasteiger partial charge >= 0.3 is 5.63 Å². The maximum Gasteiger partial charge on any atom is 0.336 e. The predicted molar refractivity (Wildman–Crippen MR) is 92.8 cm³/mol. The van der Waals surface area contributed by atoms with Crippen LogP contribution in [0.4, 0.5) is 5.69 Å². The zero-order chi connectivity index (χ0) is 18.2. The van der Waals surface area contributed by atoms with Crippen molar-refractivity contribution in [2.45, 2.75) is 9.79 Å². The van der Waals surface area contributed by atoms with Crippen LogP contribution in [0.5, 0.6) is 0 Å². The van der Waals surface area contributed by atoms with E-state index in [4.69, 9.17) is 4.42 Å². The summed E-state index contributed by atoms with van der Waals surface area (Å²) in [5.41, 5.74) is -0.0109. The molecule has 0 aliphatic rings. The summed E-state index contributed by atoms with van der Waals surface area (Å²) < 4.78 is 55.1. The van der Waals surface area contributed by atoms with E-state index < -0.39 is 25.5 Å². The monoisotopic (exact) mass is 379 g/mol. The minimum Gasteiger partial charge on any atom is -0.423 e. The van der Waals surface area contributed by atoms with Crippen LogP contribution in [0.15, 0.2) is 73.6 Å². The van der Waals surface area contributed by atoms with Crippen LogP contribution in [0.2, 0.25) is 0 Å². The third kappa shape index (κ3) is 3.72. The van der Waals surface area contributed by atoms with Crippen LogP contribution in [-0.4, -0.2) is 23.1 Å². The van der Waals surface area contributed by atoms with Crippen molar-refractivity contribution in [3.8, 4) is 0 Å². The first-order valence-electron chi connectivity index (χ1n) is 7.02. The summed E-state index contributed by atoms with van der Waals surface area (Å²) in [6.45, 7) is 0. The fourth-order valence-electron chi connectivity index (χ4n) is 2.20. The highest BCUT2D eigenvalue weighted by molar-refractivity contribution is 7.92. The van der Waals surface area contributed by atoms with Gasteiger partial charge in [-0.3, -0.25) is 4.72 Å². The van der Waals surface area contributed by atoms with Gasteiger partial charge in [-0.05, 0) is 48.5 Å². The van der Waals surface area contributed by atoms with Crippen LogP contribution < -0.4 is 10.3 Å². The van der Waals surface area contributed by atoms with Crippen LogP contribution in [-0.2, 0) is 19.9 Å². The van der Waals surface area contributed by atoms with E-state index in [1.165, 1.54) is 54.6 Å². The summed E-state index contributed by atoms with van der Waals surface area (Å²) in [7, 11) is -7.24. The Bertz CT molecular complexity index is 1210. The first-order chi connectivity index (χ1) is 11.6. The Labute approximate surface area is 143 Å². The molecule has 1 N–H and O–H groups in total. The summed E-state index contributed by atoms with van der Waals surface area (Å²) in [5, 5.41) is 0.467. The van der Waals surface area contributed by atoms with E-state index in [0.29, 0.717) is 5.39 Å². The fraction of sp³-hybridized carbons (Fsp3) is 0.0625. The molecule has 0 atom stereocenters. The number of benzene rings is 2. The van der Waals surface area contributed by atoms with Gasteiger partial charge in [0, 0.05) is 23.4 Å². The number of rotatable bonds is 4. The van der Waals surface area contributed by atoms with Gasteiger partial charge < -0.3 is 4.42 Å². The maximum absolute atomic E-state index is 12.5. The first kappa shape index (κ1) is 17.2. The fourth-order valence-corrected chi connectivity index (χ4v) is 3.93. The summed E-state index contributed by atoms with van der Waals surface area (Å²) in [6.07, 6.45) is 1.07. The van der Waals surface area contributed by atoms with Crippen molar-refractivity contribution in [3.63, 3.8) is 0 Å². The molecule has 0 saturated carbocycles. The van der Waals surface area contributed by atoms with E-state index in [0.717, 1.165) is 6.26 Å². The standard InChI is InChI=1S/C16H13NO6S2/c1-24(19,20)13-5-3-12(4-6-13)17-25(21,22)14-7-8-15-11(10-14)2-9-16(18)23-15/h2-10,17H,1H3. The van der Waals surface area contributed by atoms with Crippen molar-refractivity contribution in [2.24, 2.45) is 0 Å². The summed E-state index contributed by atoms with van der Waals surface area (Å²) in [6, 6.07) is 12.2. The van der Waals surface area contributed by atoms with E-state index in [1.54, 1.807) is 0 Å². The molecule has 0 saturated heterocycles. The average Bonchev–Trinajstić information content (AvgIpc) is 2.53. The van der Waals surface area contributed by atoms with Crippen molar-refractivity contribution in [1.29, 1.82) is 0 Å². The van der Waals surface area contributed by atoms with Crippen LogP contribution >= 0.6 is 0 Å². The van der Waals surface area contributed by atoms with Gasteiger partial charge in [-0.1, -0.05) is 0 Å². The number of fused-ring (bicyclic) bond motifs is 1. The van der Waals surface area contributed by atoms with Crippen molar-refractivity contribution in [3.05, 3.63) is 65.0 Å². The quantitative estimate of drug-likeness (QED) is 0.694. The second kappa shape index (κ2) is 6.01. The number of nitrogens with one attached hydrogen (secondary N) is 1. The minimum absolute atomic E-state index is 0.0129. The number of anilines is 1. The Hall–Kier alpha value is -2.65. The maximum atomic E-state index is 12.5. The first-order valence-corrected chi connectivity index (χ1v) is 10.4. The molecule has 0 aliphatic carbocycles. The summed E-state index contributed by atoms with van der Waals surface area (Å²) in [4.78, 5) is 11.2. The minimum atomic E-state index is -3.88. The molecular weight excluding hydrogens is 366 g/mol. The van der Waals surface area contributed by atoms with E-state index in [2.05, 4.69) is 4.72 Å². The Kier molecular flexibility index (Phi) is 4.13. The molecular formula is C16H13NO6S2. The Morgan fingerprint density at radius 1 is 0.840 bits per heavy atom. The number of sulfonamides is 1. The second-order valence-electron chi connectivity index (χ2n) is 5.36. The Balaban J connectivity index is 1.94. The third-order valence-electron chi connectivity index (χ3n) is 3.44. The zero-order valence-electron chi connectivity index (χ0n) is 13.0. The number of sulfone groups is 1. The lowest BCUT2D eigenvalue weighted by Gasteiger charge is -2.09. The molecule has 2 aromatic carbocycles. The molecule has 25 heavy (non-hydrogen) atoms. The molecule has 3 aromatic rings. The van der Waals surface area contributed by atoms with Gasteiger partial charge in [-0.25, -0.2) is 21.6 Å². The molecule has 130 valence electrons. The van der Waals surface area contributed by atoms with E-state index in [1.807, 2.05) is 0 Å². The smallest absolute Gasteiger partial charge is 0.336 e. The Morgan fingerprint density at radius 2 is 1.48 bits per heavy atom. The molecule has 3 rings (SSSR count). The molecule has 7 nitrogen and oxygen atoms in total. The summed E-state index contributed by atoms with van der Waals surface area (Å²) >= 11 is 0. The van der Waals surface area contributed by atoms with Gasteiger partial charge in [0.25, 0.3) is 10.0 Å². The third-order valence-corrected chi connectivity index (χ3v) is 5.94. The average molecular weight is 379 g/mol. The van der Waals surface area contributed by atoms with Crippen LogP contribution in [0.25, 0.3) is 11.0 Å². The van der Waals surface area contributed by atoms with Crippen molar-refractivity contribution < 1.29 is 21.3 Å². The highest BCUT2D eigenvalue weighted by Gasteiger charge is 2.16. The molecule has 0 bridgehead atoms. The van der Waals surface area contributed by atoms with Crippen LogP contribution in [0.1, 0.15) is 0 Å². The molecule has 0 amide bonds. The van der Waals surface area contributed by atoms with Crippen molar-refractivity contribution >= 4 is 36.5 Å². The highest BCUT2D eigenvalue weighted by Crippen LogP contribution is 2.21. The summed E-state index contributed by atoms with van der Waals surface area (Å²) in [5.74, 6) is 0. The predicted octanol–water partition coefficient (Wildman–Crippen LogP) is 2.00. The lowest BCUT2D eigenvalue weighted by atomic mass is 10.2. The number of hydrogen-bond acceptors (Lipinski definition) is 6. The van der Waals surface area contributed by atoms with Gasteiger partial charge in [-0.2, -0.15) is 0 Å². The van der Waals surface area contributed by atoms with Crippen LogP contribution in [0, 0.1) is 0 Å². The molecule has 9 heteroatoms. The molecule has 0 unspecified atom stereocenters. The molecule has 0 spiro atoms. The van der Waals surface area contributed by atoms with Gasteiger partial charge in [0.15, 0.2) is 9.84 Å². The van der Waals surface area contributed by atoms with Gasteiger partial charge in [0.05, 0.1) is 9.79 Å². The molecule has 0 aliphatic heterocycles. The van der Waals surface area contributed by atoms with E-state index in [-0.39, 0.29) is 21.1 Å². The molecule has 1 aromatic heterocycles. The van der Waals surface area contributed by atoms with E-state index >= 15 is 0 Å². The van der Waals surface area contributed by atoms with Gasteiger partial charge in [-0.15, -0.1) is 0 Å². The van der Waals surface area contributed by atoms with Gasteiger partial charge in [0.2, 0.25) is 0 Å².